The van der Waals surface area contributed by atoms with Crippen molar-refractivity contribution >= 4 is 11.6 Å². The maximum atomic E-state index is 12.1. The predicted molar refractivity (Wildman–Crippen MR) is 50.4 cm³/mol. The van der Waals surface area contributed by atoms with Gasteiger partial charge in [-0.2, -0.15) is 0 Å². The first-order chi connectivity index (χ1) is 6.15. The van der Waals surface area contributed by atoms with Gasteiger partial charge in [-0.3, -0.25) is 0 Å². The highest BCUT2D eigenvalue weighted by Gasteiger charge is 2.15. The highest BCUT2D eigenvalue weighted by Crippen LogP contribution is 2.18. The largest absolute Gasteiger partial charge is 0.387 e. The third-order valence-electron chi connectivity index (χ3n) is 1.80. The molecule has 2 nitrogen and oxygen atoms in total. The number of nitrogens with two attached hydrogens (primary N) is 1. The molecule has 0 saturated carbocycles. The number of benzene rings is 1. The summed E-state index contributed by atoms with van der Waals surface area (Å²) in [6.07, 6.45) is -0.970. The Kier molecular flexibility index (Phi) is 3.66. The van der Waals surface area contributed by atoms with Crippen molar-refractivity contribution in [2.75, 3.05) is 6.67 Å². The molecule has 72 valence electrons. The molecule has 0 spiro atoms. The third kappa shape index (κ3) is 2.66. The second-order valence-corrected chi connectivity index (χ2v) is 3.25. The molecule has 0 aliphatic heterocycles. The molecule has 2 atom stereocenters. The summed E-state index contributed by atoms with van der Waals surface area (Å²) in [5, 5.41) is 10.0. The van der Waals surface area contributed by atoms with Crippen molar-refractivity contribution in [1.29, 1.82) is 0 Å². The smallest absolute Gasteiger partial charge is 0.107 e. The summed E-state index contributed by atoms with van der Waals surface area (Å²) in [4.78, 5) is 0. The zero-order chi connectivity index (χ0) is 9.84. The lowest BCUT2D eigenvalue weighted by molar-refractivity contribution is 0.132. The minimum absolute atomic E-state index is 0.574. The molecule has 3 N–H and O–H groups in total. The molecule has 0 saturated heterocycles. The molecule has 1 aromatic carbocycles. The van der Waals surface area contributed by atoms with Crippen molar-refractivity contribution in [2.45, 2.75) is 12.1 Å². The normalized spacial score (nSPS) is 15.4. The van der Waals surface area contributed by atoms with E-state index in [-0.39, 0.29) is 0 Å². The van der Waals surface area contributed by atoms with Gasteiger partial charge in [0.2, 0.25) is 0 Å². The Morgan fingerprint density at radius 3 is 2.38 bits per heavy atom. The monoisotopic (exact) mass is 203 g/mol. The van der Waals surface area contributed by atoms with Gasteiger partial charge in [-0.15, -0.1) is 0 Å². The van der Waals surface area contributed by atoms with Gasteiger partial charge in [0.15, 0.2) is 0 Å². The van der Waals surface area contributed by atoms with Gasteiger partial charge in [-0.25, -0.2) is 4.39 Å². The summed E-state index contributed by atoms with van der Waals surface area (Å²) >= 11 is 5.64. The van der Waals surface area contributed by atoms with Crippen LogP contribution in [-0.4, -0.2) is 17.8 Å². The quantitative estimate of drug-likeness (QED) is 0.785. The zero-order valence-electron chi connectivity index (χ0n) is 6.95. The number of hydrogen-bond acceptors (Lipinski definition) is 2. The van der Waals surface area contributed by atoms with Gasteiger partial charge >= 0.3 is 0 Å². The van der Waals surface area contributed by atoms with Gasteiger partial charge in [-0.05, 0) is 17.7 Å². The molecule has 4 heteroatoms. The summed E-state index contributed by atoms with van der Waals surface area (Å²) < 4.78 is 12.1. The molecule has 1 rings (SSSR count). The van der Waals surface area contributed by atoms with Gasteiger partial charge in [0, 0.05) is 5.02 Å². The van der Waals surface area contributed by atoms with Crippen LogP contribution in [-0.2, 0) is 0 Å². The van der Waals surface area contributed by atoms with Gasteiger partial charge < -0.3 is 10.8 Å². The fraction of sp³-hybridized carbons (Fsp3) is 0.333. The van der Waals surface area contributed by atoms with Crippen LogP contribution in [0.5, 0.6) is 0 Å². The van der Waals surface area contributed by atoms with Crippen LogP contribution in [0.25, 0.3) is 0 Å². The van der Waals surface area contributed by atoms with Crippen LogP contribution in [0.1, 0.15) is 11.7 Å². The van der Waals surface area contributed by atoms with Crippen molar-refractivity contribution in [3.63, 3.8) is 0 Å². The standard InChI is InChI=1S/C9H11ClFNO/c10-7-3-1-6(2-4-7)9(13)8(12)5-11/h1-4,8-9,13H,5,12H2. The first-order valence-electron chi connectivity index (χ1n) is 3.90. The molecule has 13 heavy (non-hydrogen) atoms. The van der Waals surface area contributed by atoms with Crippen molar-refractivity contribution in [3.8, 4) is 0 Å². The van der Waals surface area contributed by atoms with Crippen LogP contribution in [0.15, 0.2) is 24.3 Å². The van der Waals surface area contributed by atoms with Crippen molar-refractivity contribution < 1.29 is 9.50 Å². The van der Waals surface area contributed by atoms with Crippen LogP contribution < -0.4 is 5.73 Å². The maximum Gasteiger partial charge on any atom is 0.107 e. The zero-order valence-corrected chi connectivity index (χ0v) is 7.71. The number of aliphatic hydroxyl groups is 1. The summed E-state index contributed by atoms with van der Waals surface area (Å²) in [7, 11) is 0. The molecular weight excluding hydrogens is 193 g/mol. The average Bonchev–Trinajstić information content (AvgIpc) is 2.17. The van der Waals surface area contributed by atoms with E-state index >= 15 is 0 Å². The minimum Gasteiger partial charge on any atom is -0.387 e. The van der Waals surface area contributed by atoms with E-state index in [2.05, 4.69) is 0 Å². The lowest BCUT2D eigenvalue weighted by Gasteiger charge is -2.15. The number of rotatable bonds is 3. The Morgan fingerprint density at radius 2 is 1.92 bits per heavy atom. The van der Waals surface area contributed by atoms with E-state index in [0.717, 1.165) is 0 Å². The Hall–Kier alpha value is -0.640. The highest BCUT2D eigenvalue weighted by atomic mass is 35.5. The molecule has 0 radical (unpaired) electrons. The Labute approximate surface area is 81.1 Å². The van der Waals surface area contributed by atoms with Crippen LogP contribution in [0.3, 0.4) is 0 Å². The summed E-state index contributed by atoms with van der Waals surface area (Å²) in [5.74, 6) is 0. The molecule has 0 heterocycles. The Bertz CT molecular complexity index is 265. The molecule has 0 fully saturated rings. The Morgan fingerprint density at radius 1 is 1.38 bits per heavy atom. The second-order valence-electron chi connectivity index (χ2n) is 2.81. The van der Waals surface area contributed by atoms with Crippen LogP contribution in [0.2, 0.25) is 5.02 Å². The van der Waals surface area contributed by atoms with E-state index in [9.17, 15) is 9.50 Å². The topological polar surface area (TPSA) is 46.2 Å². The number of aliphatic hydroxyl groups excluding tert-OH is 1. The van der Waals surface area contributed by atoms with Crippen molar-refractivity contribution in [1.82, 2.24) is 0 Å². The van der Waals surface area contributed by atoms with Crippen molar-refractivity contribution in [2.24, 2.45) is 5.73 Å². The Balaban J connectivity index is 2.77. The second kappa shape index (κ2) is 4.56. The van der Waals surface area contributed by atoms with Crippen LogP contribution in [0.4, 0.5) is 4.39 Å². The molecule has 0 amide bonds. The van der Waals surface area contributed by atoms with E-state index < -0.39 is 18.8 Å². The SMILES string of the molecule is NC(CF)C(O)c1ccc(Cl)cc1. The summed E-state index contributed by atoms with van der Waals surface area (Å²) in [6.45, 7) is -0.746. The lowest BCUT2D eigenvalue weighted by atomic mass is 10.0. The first-order valence-corrected chi connectivity index (χ1v) is 4.28. The molecule has 0 bridgehead atoms. The fourth-order valence-corrected chi connectivity index (χ4v) is 1.12. The number of halogens is 2. The molecule has 0 aromatic heterocycles. The van der Waals surface area contributed by atoms with Crippen molar-refractivity contribution in [3.05, 3.63) is 34.9 Å². The van der Waals surface area contributed by atoms with Gasteiger partial charge in [0.1, 0.15) is 6.67 Å². The van der Waals surface area contributed by atoms with Gasteiger partial charge in [0.25, 0.3) is 0 Å². The van der Waals surface area contributed by atoms with Gasteiger partial charge in [0.05, 0.1) is 12.1 Å². The van der Waals surface area contributed by atoms with E-state index in [4.69, 9.17) is 17.3 Å². The van der Waals surface area contributed by atoms with E-state index in [1.54, 1.807) is 24.3 Å². The third-order valence-corrected chi connectivity index (χ3v) is 2.05. The van der Waals surface area contributed by atoms with E-state index in [1.807, 2.05) is 0 Å². The summed E-state index contributed by atoms with van der Waals surface area (Å²) in [5.41, 5.74) is 5.91. The molecule has 1 aromatic rings. The number of hydrogen-bond donors (Lipinski definition) is 2. The fourth-order valence-electron chi connectivity index (χ4n) is 0.992. The molecular formula is C9H11ClFNO. The summed E-state index contributed by atoms with van der Waals surface area (Å²) in [6, 6.07) is 5.64. The number of alkyl halides is 1. The lowest BCUT2D eigenvalue weighted by Crippen LogP contribution is -2.30. The molecule has 0 aliphatic carbocycles. The highest BCUT2D eigenvalue weighted by molar-refractivity contribution is 6.30. The average molecular weight is 204 g/mol. The molecule has 0 aliphatic rings. The molecule has 2 unspecified atom stereocenters. The van der Waals surface area contributed by atoms with E-state index in [0.29, 0.717) is 10.6 Å². The van der Waals surface area contributed by atoms with Gasteiger partial charge in [-0.1, -0.05) is 23.7 Å². The first kappa shape index (κ1) is 10.4. The van der Waals surface area contributed by atoms with E-state index in [1.165, 1.54) is 0 Å². The van der Waals surface area contributed by atoms with Crippen LogP contribution >= 0.6 is 11.6 Å². The van der Waals surface area contributed by atoms with Crippen LogP contribution in [0, 0.1) is 0 Å². The maximum absolute atomic E-state index is 12.1. The predicted octanol–water partition coefficient (Wildman–Crippen LogP) is 1.67. The minimum atomic E-state index is -0.970.